The molecular formula is C12H14N2O2. The second-order valence-corrected chi connectivity index (χ2v) is 3.21. The van der Waals surface area contributed by atoms with Crippen LogP contribution in [-0.2, 0) is 0 Å². The summed E-state index contributed by atoms with van der Waals surface area (Å²) in [6, 6.07) is 3.72. The molecule has 0 aliphatic heterocycles. The highest BCUT2D eigenvalue weighted by Gasteiger charge is 2.07. The van der Waals surface area contributed by atoms with Crippen LogP contribution in [0, 0.1) is 0 Å². The van der Waals surface area contributed by atoms with Crippen LogP contribution in [0.15, 0.2) is 24.5 Å². The molecule has 0 radical (unpaired) electrons. The summed E-state index contributed by atoms with van der Waals surface area (Å²) in [6.07, 6.45) is 3.33. The van der Waals surface area contributed by atoms with Crippen LogP contribution in [0.1, 0.15) is 13.8 Å². The summed E-state index contributed by atoms with van der Waals surface area (Å²) in [7, 11) is 0. The third kappa shape index (κ3) is 2.05. The van der Waals surface area contributed by atoms with Crippen molar-refractivity contribution in [3.8, 4) is 11.5 Å². The molecule has 4 nitrogen and oxygen atoms in total. The zero-order valence-electron chi connectivity index (χ0n) is 9.43. The van der Waals surface area contributed by atoms with Gasteiger partial charge in [0.25, 0.3) is 0 Å². The van der Waals surface area contributed by atoms with Gasteiger partial charge in [-0.05, 0) is 13.8 Å². The first-order valence-corrected chi connectivity index (χ1v) is 5.35. The summed E-state index contributed by atoms with van der Waals surface area (Å²) in [5.41, 5.74) is 1.63. The van der Waals surface area contributed by atoms with Crippen LogP contribution >= 0.6 is 0 Å². The maximum Gasteiger partial charge on any atom is 0.163 e. The summed E-state index contributed by atoms with van der Waals surface area (Å²) in [5, 5.41) is 0. The zero-order chi connectivity index (χ0) is 11.4. The SMILES string of the molecule is CCOc1cc2nccnc2cc1OCC. The predicted molar refractivity (Wildman–Crippen MR) is 61.9 cm³/mol. The largest absolute Gasteiger partial charge is 0.490 e. The van der Waals surface area contributed by atoms with Crippen LogP contribution in [0.5, 0.6) is 11.5 Å². The van der Waals surface area contributed by atoms with Crippen LogP contribution in [0.4, 0.5) is 0 Å². The maximum atomic E-state index is 5.50. The van der Waals surface area contributed by atoms with Gasteiger partial charge in [0.05, 0.1) is 24.2 Å². The molecule has 1 aromatic heterocycles. The van der Waals surface area contributed by atoms with Crippen molar-refractivity contribution in [2.24, 2.45) is 0 Å². The van der Waals surface area contributed by atoms with Gasteiger partial charge in [-0.3, -0.25) is 9.97 Å². The van der Waals surface area contributed by atoms with Crippen molar-refractivity contribution in [2.45, 2.75) is 13.8 Å². The minimum Gasteiger partial charge on any atom is -0.490 e. The molecule has 84 valence electrons. The van der Waals surface area contributed by atoms with Crippen LogP contribution in [0.3, 0.4) is 0 Å². The molecule has 2 aromatic rings. The highest BCUT2D eigenvalue weighted by molar-refractivity contribution is 5.78. The van der Waals surface area contributed by atoms with Gasteiger partial charge in [0, 0.05) is 24.5 Å². The number of aromatic nitrogens is 2. The van der Waals surface area contributed by atoms with Crippen molar-refractivity contribution in [1.29, 1.82) is 0 Å². The summed E-state index contributed by atoms with van der Waals surface area (Å²) in [5.74, 6) is 1.44. The van der Waals surface area contributed by atoms with Gasteiger partial charge in [-0.25, -0.2) is 0 Å². The van der Waals surface area contributed by atoms with E-state index in [1.807, 2.05) is 26.0 Å². The van der Waals surface area contributed by atoms with Gasteiger partial charge in [-0.2, -0.15) is 0 Å². The van der Waals surface area contributed by atoms with E-state index in [1.165, 1.54) is 0 Å². The zero-order valence-corrected chi connectivity index (χ0v) is 9.43. The average Bonchev–Trinajstić information content (AvgIpc) is 2.30. The molecule has 0 saturated heterocycles. The van der Waals surface area contributed by atoms with E-state index in [4.69, 9.17) is 9.47 Å². The lowest BCUT2D eigenvalue weighted by molar-refractivity contribution is 0.288. The van der Waals surface area contributed by atoms with Gasteiger partial charge < -0.3 is 9.47 Å². The molecule has 0 spiro atoms. The van der Waals surface area contributed by atoms with Gasteiger partial charge in [0.1, 0.15) is 0 Å². The Morgan fingerprint density at radius 3 is 1.69 bits per heavy atom. The Balaban J connectivity index is 2.51. The first kappa shape index (κ1) is 10.7. The molecule has 0 bridgehead atoms. The summed E-state index contributed by atoms with van der Waals surface area (Å²) < 4.78 is 11.0. The molecule has 0 unspecified atom stereocenters. The van der Waals surface area contributed by atoms with Crippen LogP contribution in [0.2, 0.25) is 0 Å². The van der Waals surface area contributed by atoms with E-state index >= 15 is 0 Å². The molecule has 16 heavy (non-hydrogen) atoms. The van der Waals surface area contributed by atoms with Gasteiger partial charge in [-0.1, -0.05) is 0 Å². The molecule has 4 heteroatoms. The molecular weight excluding hydrogens is 204 g/mol. The van der Waals surface area contributed by atoms with Crippen molar-refractivity contribution in [1.82, 2.24) is 9.97 Å². The standard InChI is InChI=1S/C12H14N2O2/c1-3-15-11-7-9-10(14-6-5-13-9)8-12(11)16-4-2/h5-8H,3-4H2,1-2H3. The Bertz CT molecular complexity index is 441. The average molecular weight is 218 g/mol. The van der Waals surface area contributed by atoms with Crippen molar-refractivity contribution in [2.75, 3.05) is 13.2 Å². The number of ether oxygens (including phenoxy) is 2. The molecule has 0 fully saturated rings. The Labute approximate surface area is 94.2 Å². The fraction of sp³-hybridized carbons (Fsp3) is 0.333. The topological polar surface area (TPSA) is 44.2 Å². The fourth-order valence-electron chi connectivity index (χ4n) is 1.51. The van der Waals surface area contributed by atoms with Gasteiger partial charge in [0.15, 0.2) is 11.5 Å². The molecule has 0 aliphatic carbocycles. The van der Waals surface area contributed by atoms with E-state index in [0.29, 0.717) is 13.2 Å². The van der Waals surface area contributed by atoms with Crippen LogP contribution < -0.4 is 9.47 Å². The Morgan fingerprint density at radius 2 is 1.31 bits per heavy atom. The van der Waals surface area contributed by atoms with Gasteiger partial charge in [0.2, 0.25) is 0 Å². The Morgan fingerprint density at radius 1 is 0.875 bits per heavy atom. The lowest BCUT2D eigenvalue weighted by Crippen LogP contribution is -1.99. The van der Waals surface area contributed by atoms with E-state index in [1.54, 1.807) is 12.4 Å². The molecule has 0 saturated carbocycles. The minimum atomic E-state index is 0.603. The second kappa shape index (κ2) is 4.79. The van der Waals surface area contributed by atoms with Crippen LogP contribution in [-0.4, -0.2) is 23.2 Å². The van der Waals surface area contributed by atoms with E-state index in [-0.39, 0.29) is 0 Å². The van der Waals surface area contributed by atoms with E-state index in [0.717, 1.165) is 22.5 Å². The summed E-state index contributed by atoms with van der Waals surface area (Å²) in [4.78, 5) is 8.45. The molecule has 0 atom stereocenters. The summed E-state index contributed by atoms with van der Waals surface area (Å²) >= 11 is 0. The molecule has 0 N–H and O–H groups in total. The summed E-state index contributed by atoms with van der Waals surface area (Å²) in [6.45, 7) is 5.09. The van der Waals surface area contributed by atoms with Crippen molar-refractivity contribution in [3.63, 3.8) is 0 Å². The number of rotatable bonds is 4. The minimum absolute atomic E-state index is 0.603. The number of nitrogens with zero attached hydrogens (tertiary/aromatic N) is 2. The lowest BCUT2D eigenvalue weighted by atomic mass is 10.2. The number of benzene rings is 1. The molecule has 0 aliphatic rings. The predicted octanol–water partition coefficient (Wildman–Crippen LogP) is 2.43. The Hall–Kier alpha value is -1.84. The smallest absolute Gasteiger partial charge is 0.163 e. The first-order chi connectivity index (χ1) is 7.85. The molecule has 0 amide bonds. The monoisotopic (exact) mass is 218 g/mol. The normalized spacial score (nSPS) is 10.4. The maximum absolute atomic E-state index is 5.50. The number of hydrogen-bond acceptors (Lipinski definition) is 4. The molecule has 1 heterocycles. The van der Waals surface area contributed by atoms with E-state index in [2.05, 4.69) is 9.97 Å². The third-order valence-electron chi connectivity index (χ3n) is 2.13. The fourth-order valence-corrected chi connectivity index (χ4v) is 1.51. The van der Waals surface area contributed by atoms with Crippen molar-refractivity contribution in [3.05, 3.63) is 24.5 Å². The number of hydrogen-bond donors (Lipinski definition) is 0. The van der Waals surface area contributed by atoms with Gasteiger partial charge >= 0.3 is 0 Å². The lowest BCUT2D eigenvalue weighted by Gasteiger charge is -2.11. The highest BCUT2D eigenvalue weighted by atomic mass is 16.5. The third-order valence-corrected chi connectivity index (χ3v) is 2.13. The van der Waals surface area contributed by atoms with Crippen molar-refractivity contribution < 1.29 is 9.47 Å². The highest BCUT2D eigenvalue weighted by Crippen LogP contribution is 2.30. The van der Waals surface area contributed by atoms with Crippen molar-refractivity contribution >= 4 is 11.0 Å². The van der Waals surface area contributed by atoms with Crippen LogP contribution in [0.25, 0.3) is 11.0 Å². The Kier molecular flexibility index (Phi) is 3.19. The quantitative estimate of drug-likeness (QED) is 0.790. The second-order valence-electron chi connectivity index (χ2n) is 3.21. The van der Waals surface area contributed by atoms with Gasteiger partial charge in [-0.15, -0.1) is 0 Å². The van der Waals surface area contributed by atoms with E-state index < -0.39 is 0 Å². The first-order valence-electron chi connectivity index (χ1n) is 5.35. The van der Waals surface area contributed by atoms with E-state index in [9.17, 15) is 0 Å². The molecule has 1 aromatic carbocycles. The molecule has 2 rings (SSSR count). The number of fused-ring (bicyclic) bond motifs is 1.